The standard InChI is InChI=1S/C12H14O/c13-12-7-4-8-2-1-3-11(12)10-6-5-9(8)10/h1,3-13H,2H2/t8-,9-,10-,11-,12+/m0/s1. The van der Waals surface area contributed by atoms with Gasteiger partial charge in [0.25, 0.3) is 0 Å². The van der Waals surface area contributed by atoms with E-state index in [2.05, 4.69) is 30.4 Å². The highest BCUT2D eigenvalue weighted by Gasteiger charge is 2.40. The number of hydrogen-bond acceptors (Lipinski definition) is 1. The van der Waals surface area contributed by atoms with Crippen LogP contribution in [0.3, 0.4) is 0 Å². The quantitative estimate of drug-likeness (QED) is 0.556. The van der Waals surface area contributed by atoms with Crippen molar-refractivity contribution in [2.45, 2.75) is 12.5 Å². The fourth-order valence-electron chi connectivity index (χ4n) is 2.79. The first-order chi connectivity index (χ1) is 6.36. The molecule has 0 aliphatic heterocycles. The highest BCUT2D eigenvalue weighted by molar-refractivity contribution is 5.25. The van der Waals surface area contributed by atoms with Crippen molar-refractivity contribution in [3.05, 3.63) is 36.5 Å². The number of hydrogen-bond donors (Lipinski definition) is 1. The Hall–Kier alpha value is -0.820. The second kappa shape index (κ2) is 2.58. The van der Waals surface area contributed by atoms with Crippen LogP contribution in [-0.4, -0.2) is 11.2 Å². The molecule has 0 unspecified atom stereocenters. The van der Waals surface area contributed by atoms with Crippen LogP contribution in [-0.2, 0) is 0 Å². The fourth-order valence-corrected chi connectivity index (χ4v) is 2.79. The average molecular weight is 174 g/mol. The zero-order chi connectivity index (χ0) is 8.84. The van der Waals surface area contributed by atoms with Crippen LogP contribution in [0.1, 0.15) is 6.42 Å². The number of allylic oxidation sites excluding steroid dienone is 4. The average Bonchev–Trinajstić information content (AvgIpc) is 2.21. The van der Waals surface area contributed by atoms with E-state index in [1.807, 2.05) is 6.08 Å². The molecule has 2 bridgehead atoms. The Kier molecular flexibility index (Phi) is 1.50. The molecule has 3 aliphatic carbocycles. The molecule has 0 aromatic carbocycles. The molecule has 1 N–H and O–H groups in total. The lowest BCUT2D eigenvalue weighted by atomic mass is 9.69. The molecule has 68 valence electrons. The lowest BCUT2D eigenvalue weighted by Crippen LogP contribution is -2.32. The van der Waals surface area contributed by atoms with Gasteiger partial charge >= 0.3 is 0 Å². The van der Waals surface area contributed by atoms with Gasteiger partial charge in [0.05, 0.1) is 6.10 Å². The first kappa shape index (κ1) is 7.57. The minimum atomic E-state index is -0.265. The Labute approximate surface area is 78.5 Å². The van der Waals surface area contributed by atoms with Gasteiger partial charge in [0.1, 0.15) is 0 Å². The second-order valence-electron chi connectivity index (χ2n) is 4.32. The van der Waals surface area contributed by atoms with E-state index in [0.717, 1.165) is 6.42 Å². The fraction of sp³-hybridized carbons (Fsp3) is 0.500. The molecular weight excluding hydrogens is 160 g/mol. The van der Waals surface area contributed by atoms with Crippen molar-refractivity contribution >= 4 is 0 Å². The lowest BCUT2D eigenvalue weighted by Gasteiger charge is -2.35. The van der Waals surface area contributed by atoms with Crippen molar-refractivity contribution in [1.29, 1.82) is 0 Å². The summed E-state index contributed by atoms with van der Waals surface area (Å²) in [5.41, 5.74) is 0. The number of rotatable bonds is 0. The molecule has 0 saturated heterocycles. The summed E-state index contributed by atoms with van der Waals surface area (Å²) in [5, 5.41) is 9.85. The van der Waals surface area contributed by atoms with Crippen LogP contribution in [0.5, 0.6) is 0 Å². The van der Waals surface area contributed by atoms with Crippen LogP contribution < -0.4 is 0 Å². The molecule has 0 fully saturated rings. The molecule has 1 nitrogen and oxygen atoms in total. The Morgan fingerprint density at radius 1 is 0.846 bits per heavy atom. The molecule has 5 atom stereocenters. The monoisotopic (exact) mass is 174 g/mol. The van der Waals surface area contributed by atoms with Crippen LogP contribution in [0, 0.1) is 23.7 Å². The van der Waals surface area contributed by atoms with Crippen molar-refractivity contribution in [1.82, 2.24) is 0 Å². The summed E-state index contributed by atoms with van der Waals surface area (Å²) in [7, 11) is 0. The van der Waals surface area contributed by atoms with Gasteiger partial charge in [-0.05, 0) is 24.2 Å². The van der Waals surface area contributed by atoms with E-state index < -0.39 is 0 Å². The predicted octanol–water partition coefficient (Wildman–Crippen LogP) is 1.91. The highest BCUT2D eigenvalue weighted by atomic mass is 16.3. The van der Waals surface area contributed by atoms with Crippen LogP contribution in [0.4, 0.5) is 0 Å². The van der Waals surface area contributed by atoms with Gasteiger partial charge < -0.3 is 5.11 Å². The maximum absolute atomic E-state index is 9.85. The summed E-state index contributed by atoms with van der Waals surface area (Å²) in [6.45, 7) is 0. The number of aliphatic hydroxyl groups is 1. The van der Waals surface area contributed by atoms with Crippen molar-refractivity contribution in [2.75, 3.05) is 0 Å². The van der Waals surface area contributed by atoms with Gasteiger partial charge in [-0.25, -0.2) is 0 Å². The van der Waals surface area contributed by atoms with E-state index in [-0.39, 0.29) is 6.10 Å². The SMILES string of the molecule is O[C@@H]1C=C[C@@H]2CC=C[C@H]1[C@H]1C=C[C@H]12. The molecule has 1 heteroatoms. The summed E-state index contributed by atoms with van der Waals surface area (Å²) < 4.78 is 0. The Morgan fingerprint density at radius 2 is 1.69 bits per heavy atom. The van der Waals surface area contributed by atoms with Gasteiger partial charge in [-0.1, -0.05) is 36.5 Å². The van der Waals surface area contributed by atoms with Gasteiger partial charge in [-0.2, -0.15) is 0 Å². The van der Waals surface area contributed by atoms with Crippen LogP contribution >= 0.6 is 0 Å². The van der Waals surface area contributed by atoms with Gasteiger partial charge in [0.15, 0.2) is 0 Å². The molecule has 0 aromatic heterocycles. The van der Waals surface area contributed by atoms with Crippen LogP contribution in [0.2, 0.25) is 0 Å². The molecule has 0 heterocycles. The van der Waals surface area contributed by atoms with E-state index in [1.165, 1.54) is 0 Å². The summed E-state index contributed by atoms with van der Waals surface area (Å²) in [6, 6.07) is 0. The molecule has 0 aromatic rings. The van der Waals surface area contributed by atoms with Gasteiger partial charge in [0, 0.05) is 5.92 Å². The van der Waals surface area contributed by atoms with Crippen LogP contribution in [0.15, 0.2) is 36.5 Å². The third-order valence-corrected chi connectivity index (χ3v) is 3.66. The van der Waals surface area contributed by atoms with Crippen molar-refractivity contribution < 1.29 is 5.11 Å². The largest absolute Gasteiger partial charge is 0.388 e. The third-order valence-electron chi connectivity index (χ3n) is 3.66. The minimum Gasteiger partial charge on any atom is -0.388 e. The molecule has 0 amide bonds. The molecule has 13 heavy (non-hydrogen) atoms. The Morgan fingerprint density at radius 3 is 2.46 bits per heavy atom. The van der Waals surface area contributed by atoms with Crippen LogP contribution in [0.25, 0.3) is 0 Å². The third kappa shape index (κ3) is 0.969. The van der Waals surface area contributed by atoms with Crippen molar-refractivity contribution in [2.24, 2.45) is 23.7 Å². The normalized spacial score (nSPS) is 51.0. The maximum atomic E-state index is 9.85. The summed E-state index contributed by atoms with van der Waals surface area (Å²) in [4.78, 5) is 0. The van der Waals surface area contributed by atoms with Gasteiger partial charge in [-0.3, -0.25) is 0 Å². The molecular formula is C12H14O. The first-order valence-corrected chi connectivity index (χ1v) is 5.07. The zero-order valence-electron chi connectivity index (χ0n) is 7.51. The highest BCUT2D eigenvalue weighted by Crippen LogP contribution is 2.45. The summed E-state index contributed by atoms with van der Waals surface area (Å²) in [6.07, 6.45) is 14.1. The zero-order valence-corrected chi connectivity index (χ0v) is 7.51. The topological polar surface area (TPSA) is 20.2 Å². The van der Waals surface area contributed by atoms with Crippen molar-refractivity contribution in [3.8, 4) is 0 Å². The predicted molar refractivity (Wildman–Crippen MR) is 52.0 cm³/mol. The second-order valence-corrected chi connectivity index (χ2v) is 4.32. The lowest BCUT2D eigenvalue weighted by molar-refractivity contribution is 0.135. The smallest absolute Gasteiger partial charge is 0.0789 e. The van der Waals surface area contributed by atoms with Crippen molar-refractivity contribution in [3.63, 3.8) is 0 Å². The molecule has 0 radical (unpaired) electrons. The minimum absolute atomic E-state index is 0.265. The van der Waals surface area contributed by atoms with Gasteiger partial charge in [0.2, 0.25) is 0 Å². The summed E-state index contributed by atoms with van der Waals surface area (Å²) in [5.74, 6) is 2.24. The number of aliphatic hydroxyl groups excluding tert-OH is 1. The first-order valence-electron chi connectivity index (χ1n) is 5.07. The van der Waals surface area contributed by atoms with E-state index in [4.69, 9.17) is 0 Å². The molecule has 3 rings (SSSR count). The molecule has 0 spiro atoms. The molecule has 0 saturated carbocycles. The summed E-state index contributed by atoms with van der Waals surface area (Å²) >= 11 is 0. The van der Waals surface area contributed by atoms with E-state index in [9.17, 15) is 5.11 Å². The molecule has 3 aliphatic rings. The Balaban J connectivity index is 2.05. The van der Waals surface area contributed by atoms with Gasteiger partial charge in [-0.15, -0.1) is 0 Å². The Bertz CT molecular complexity index is 300. The maximum Gasteiger partial charge on any atom is 0.0789 e. The van der Waals surface area contributed by atoms with E-state index in [1.54, 1.807) is 0 Å². The van der Waals surface area contributed by atoms with E-state index >= 15 is 0 Å². The van der Waals surface area contributed by atoms with E-state index in [0.29, 0.717) is 23.7 Å².